The monoisotopic (exact) mass is 680 g/mol. The largest absolute Gasteiger partial charge is 0.374 e. The van der Waals surface area contributed by atoms with Crippen LogP contribution in [0.4, 0.5) is 0 Å². The fraction of sp³-hybridized carbons (Fsp3) is 0.455. The van der Waals surface area contributed by atoms with Gasteiger partial charge < -0.3 is 28.8 Å². The van der Waals surface area contributed by atoms with Gasteiger partial charge in [-0.05, 0) is 28.7 Å². The molecule has 0 spiro atoms. The Kier molecular flexibility index (Phi) is 16.0. The van der Waals surface area contributed by atoms with Crippen LogP contribution in [0.2, 0.25) is 0 Å². The standard InChI is InChI=1S/C44H56O6/c1-2-3-4-5-6-7-8-21-30-44(45)43(49-34-39-28-19-12-20-29-39)42(48-33-38-26-17-11-18-27-38)41(47-32-37-24-15-10-16-25-37)40(50-44)35-46-31-36-22-13-9-14-23-36/h9-20,22-29,40-43,45H,2-8,21,30-35H2,1H3/t40-,41+,42+,43-,44+/m1/s1. The zero-order valence-corrected chi connectivity index (χ0v) is 29.7. The summed E-state index contributed by atoms with van der Waals surface area (Å²) in [7, 11) is 0. The Morgan fingerprint density at radius 2 is 0.940 bits per heavy atom. The zero-order chi connectivity index (χ0) is 34.7. The Balaban J connectivity index is 1.41. The molecule has 1 heterocycles. The predicted molar refractivity (Wildman–Crippen MR) is 198 cm³/mol. The lowest BCUT2D eigenvalue weighted by molar-refractivity contribution is -0.372. The van der Waals surface area contributed by atoms with Gasteiger partial charge >= 0.3 is 0 Å². The van der Waals surface area contributed by atoms with Gasteiger partial charge in [0.15, 0.2) is 5.79 Å². The minimum atomic E-state index is -1.61. The molecular weight excluding hydrogens is 624 g/mol. The lowest BCUT2D eigenvalue weighted by atomic mass is 9.88. The molecule has 0 radical (unpaired) electrons. The van der Waals surface area contributed by atoms with Crippen LogP contribution in [0.1, 0.15) is 87.0 Å². The highest BCUT2D eigenvalue weighted by Gasteiger charge is 2.56. The molecule has 6 nitrogen and oxygen atoms in total. The molecule has 4 aromatic carbocycles. The minimum absolute atomic E-state index is 0.227. The molecule has 1 aliphatic rings. The SMILES string of the molecule is CCCCCCCCCC[C@]1(O)O[C@H](COCc2ccccc2)[C@H](OCc2ccccc2)[C@H](OCc2ccccc2)[C@H]1OCc1ccccc1. The van der Waals surface area contributed by atoms with Gasteiger partial charge in [0.2, 0.25) is 0 Å². The van der Waals surface area contributed by atoms with Gasteiger partial charge in [-0.15, -0.1) is 0 Å². The summed E-state index contributed by atoms with van der Waals surface area (Å²) in [5, 5.41) is 12.6. The predicted octanol–water partition coefficient (Wildman–Crippen LogP) is 9.58. The molecule has 0 aromatic heterocycles. The second-order valence-electron chi connectivity index (χ2n) is 13.5. The number of benzene rings is 4. The third-order valence-corrected chi connectivity index (χ3v) is 9.41. The van der Waals surface area contributed by atoms with Crippen molar-refractivity contribution in [3.05, 3.63) is 144 Å². The van der Waals surface area contributed by atoms with Crippen LogP contribution in [0.5, 0.6) is 0 Å². The summed E-state index contributed by atoms with van der Waals surface area (Å²) >= 11 is 0. The highest BCUT2D eigenvalue weighted by Crippen LogP contribution is 2.38. The summed E-state index contributed by atoms with van der Waals surface area (Å²) in [6.07, 6.45) is 7.06. The van der Waals surface area contributed by atoms with E-state index in [0.29, 0.717) is 32.8 Å². The van der Waals surface area contributed by atoms with Crippen molar-refractivity contribution in [3.63, 3.8) is 0 Å². The van der Waals surface area contributed by atoms with E-state index < -0.39 is 30.2 Å². The van der Waals surface area contributed by atoms with E-state index in [0.717, 1.165) is 41.5 Å². The van der Waals surface area contributed by atoms with Crippen LogP contribution in [0, 0.1) is 0 Å². The first-order valence-corrected chi connectivity index (χ1v) is 18.6. The van der Waals surface area contributed by atoms with Gasteiger partial charge in [0.1, 0.15) is 24.4 Å². The summed E-state index contributed by atoms with van der Waals surface area (Å²) in [6, 6.07) is 40.4. The van der Waals surface area contributed by atoms with Gasteiger partial charge in [-0.1, -0.05) is 173 Å². The first-order valence-electron chi connectivity index (χ1n) is 18.6. The molecule has 0 aliphatic carbocycles. The molecule has 50 heavy (non-hydrogen) atoms. The van der Waals surface area contributed by atoms with Crippen molar-refractivity contribution in [1.29, 1.82) is 0 Å². The number of hydrogen-bond acceptors (Lipinski definition) is 6. The third kappa shape index (κ3) is 12.2. The summed E-state index contributed by atoms with van der Waals surface area (Å²) in [5.41, 5.74) is 4.16. The highest BCUT2D eigenvalue weighted by molar-refractivity contribution is 5.17. The van der Waals surface area contributed by atoms with Crippen LogP contribution in [-0.4, -0.2) is 41.9 Å². The van der Waals surface area contributed by atoms with Gasteiger partial charge in [-0.2, -0.15) is 0 Å². The van der Waals surface area contributed by atoms with Crippen molar-refractivity contribution < 1.29 is 28.8 Å². The van der Waals surface area contributed by atoms with Crippen LogP contribution >= 0.6 is 0 Å². The minimum Gasteiger partial charge on any atom is -0.374 e. The van der Waals surface area contributed by atoms with Crippen LogP contribution in [0.3, 0.4) is 0 Å². The second kappa shape index (κ2) is 21.1. The highest BCUT2D eigenvalue weighted by atomic mass is 16.7. The molecule has 1 saturated heterocycles. The van der Waals surface area contributed by atoms with E-state index in [1.807, 2.05) is 121 Å². The van der Waals surface area contributed by atoms with E-state index in [1.54, 1.807) is 0 Å². The zero-order valence-electron chi connectivity index (χ0n) is 29.7. The average Bonchev–Trinajstić information content (AvgIpc) is 3.16. The Hall–Kier alpha value is -3.36. The van der Waals surface area contributed by atoms with E-state index in [9.17, 15) is 5.11 Å². The number of aliphatic hydroxyl groups is 1. The van der Waals surface area contributed by atoms with Crippen molar-refractivity contribution in [3.8, 4) is 0 Å². The molecule has 0 saturated carbocycles. The van der Waals surface area contributed by atoms with E-state index in [-0.39, 0.29) is 6.61 Å². The van der Waals surface area contributed by atoms with Gasteiger partial charge in [0.05, 0.1) is 33.0 Å². The fourth-order valence-electron chi connectivity index (χ4n) is 6.65. The molecular formula is C44H56O6. The van der Waals surface area contributed by atoms with Crippen LogP contribution in [-0.2, 0) is 50.1 Å². The fourth-order valence-corrected chi connectivity index (χ4v) is 6.65. The number of unbranched alkanes of at least 4 members (excludes halogenated alkanes) is 7. The number of rotatable bonds is 22. The molecule has 5 rings (SSSR count). The molecule has 268 valence electrons. The van der Waals surface area contributed by atoms with E-state index >= 15 is 0 Å². The Labute approximate surface area is 299 Å². The van der Waals surface area contributed by atoms with E-state index in [2.05, 4.69) is 6.92 Å². The van der Waals surface area contributed by atoms with Crippen molar-refractivity contribution in [2.45, 2.75) is 121 Å². The van der Waals surface area contributed by atoms with E-state index in [4.69, 9.17) is 23.7 Å². The average molecular weight is 681 g/mol. The maximum atomic E-state index is 12.6. The molecule has 6 heteroatoms. The molecule has 5 atom stereocenters. The Morgan fingerprint density at radius 1 is 0.520 bits per heavy atom. The normalized spacial score (nSPS) is 22.0. The van der Waals surface area contributed by atoms with Gasteiger partial charge in [-0.25, -0.2) is 0 Å². The molecule has 1 aliphatic heterocycles. The van der Waals surface area contributed by atoms with Crippen molar-refractivity contribution >= 4 is 0 Å². The third-order valence-electron chi connectivity index (χ3n) is 9.41. The molecule has 1 N–H and O–H groups in total. The Bertz CT molecular complexity index is 1440. The van der Waals surface area contributed by atoms with Gasteiger partial charge in [-0.3, -0.25) is 0 Å². The Morgan fingerprint density at radius 3 is 1.44 bits per heavy atom. The smallest absolute Gasteiger partial charge is 0.195 e. The first-order chi connectivity index (χ1) is 24.6. The molecule has 4 aromatic rings. The van der Waals surface area contributed by atoms with Crippen LogP contribution < -0.4 is 0 Å². The van der Waals surface area contributed by atoms with E-state index in [1.165, 1.54) is 32.1 Å². The summed E-state index contributed by atoms with van der Waals surface area (Å²) in [4.78, 5) is 0. The topological polar surface area (TPSA) is 66.4 Å². The van der Waals surface area contributed by atoms with Crippen molar-refractivity contribution in [2.75, 3.05) is 6.61 Å². The second-order valence-corrected chi connectivity index (χ2v) is 13.5. The maximum absolute atomic E-state index is 12.6. The van der Waals surface area contributed by atoms with Crippen molar-refractivity contribution in [2.24, 2.45) is 0 Å². The number of hydrogen-bond donors (Lipinski definition) is 1. The van der Waals surface area contributed by atoms with Gasteiger partial charge in [0, 0.05) is 6.42 Å². The van der Waals surface area contributed by atoms with Crippen LogP contribution in [0.25, 0.3) is 0 Å². The molecule has 0 unspecified atom stereocenters. The first kappa shape index (κ1) is 37.9. The summed E-state index contributed by atoms with van der Waals surface area (Å²) < 4.78 is 33.3. The van der Waals surface area contributed by atoms with Crippen molar-refractivity contribution in [1.82, 2.24) is 0 Å². The maximum Gasteiger partial charge on any atom is 0.195 e. The quantitative estimate of drug-likeness (QED) is 0.0835. The van der Waals surface area contributed by atoms with Gasteiger partial charge in [0.25, 0.3) is 0 Å². The lowest BCUT2D eigenvalue weighted by Gasteiger charge is -2.50. The summed E-state index contributed by atoms with van der Waals surface area (Å²) in [5.74, 6) is -1.61. The molecule has 1 fully saturated rings. The van der Waals surface area contributed by atoms with Crippen LogP contribution in [0.15, 0.2) is 121 Å². The number of ether oxygens (including phenoxy) is 5. The molecule has 0 amide bonds. The lowest BCUT2D eigenvalue weighted by Crippen LogP contribution is -2.67. The summed E-state index contributed by atoms with van der Waals surface area (Å²) in [6.45, 7) is 3.90. The molecule has 0 bridgehead atoms.